The number of benzene rings is 2. The van der Waals surface area contributed by atoms with Gasteiger partial charge in [0.15, 0.2) is 0 Å². The molecule has 116 valence electrons. The quantitative estimate of drug-likeness (QED) is 0.679. The van der Waals surface area contributed by atoms with Crippen molar-refractivity contribution in [3.63, 3.8) is 0 Å². The molecule has 3 rings (SSSR count). The standard InChI is InChI=1S/C17H14BrFN4/c18-13-5-3-6-14(10-13)22-17-20-9-8-16(23-17)21-11-12-4-1-2-7-15(12)19/h1-10H,11H2,(H2,20,21,22,23). The third-order valence-electron chi connectivity index (χ3n) is 3.15. The van der Waals surface area contributed by atoms with Crippen LogP contribution in [-0.2, 0) is 6.54 Å². The first kappa shape index (κ1) is 15.4. The van der Waals surface area contributed by atoms with Crippen LogP contribution in [0.2, 0.25) is 0 Å². The molecule has 0 unspecified atom stereocenters. The van der Waals surface area contributed by atoms with Gasteiger partial charge in [-0.3, -0.25) is 0 Å². The van der Waals surface area contributed by atoms with Crippen LogP contribution < -0.4 is 10.6 Å². The van der Waals surface area contributed by atoms with Gasteiger partial charge in [-0.05, 0) is 30.3 Å². The molecule has 2 aromatic carbocycles. The SMILES string of the molecule is Fc1ccccc1CNc1ccnc(Nc2cccc(Br)c2)n1. The van der Waals surface area contributed by atoms with Gasteiger partial charge in [0.25, 0.3) is 0 Å². The number of nitrogens with zero attached hydrogens (tertiary/aromatic N) is 2. The Kier molecular flexibility index (Phi) is 4.83. The Morgan fingerprint density at radius 1 is 1.04 bits per heavy atom. The Morgan fingerprint density at radius 3 is 2.74 bits per heavy atom. The van der Waals surface area contributed by atoms with Gasteiger partial charge in [-0.1, -0.05) is 40.2 Å². The normalized spacial score (nSPS) is 10.3. The van der Waals surface area contributed by atoms with Gasteiger partial charge in [-0.25, -0.2) is 9.37 Å². The van der Waals surface area contributed by atoms with E-state index in [9.17, 15) is 4.39 Å². The zero-order valence-electron chi connectivity index (χ0n) is 12.1. The van der Waals surface area contributed by atoms with E-state index >= 15 is 0 Å². The first-order valence-corrected chi connectivity index (χ1v) is 7.83. The Hall–Kier alpha value is -2.47. The summed E-state index contributed by atoms with van der Waals surface area (Å²) in [7, 11) is 0. The predicted molar refractivity (Wildman–Crippen MR) is 93.2 cm³/mol. The Morgan fingerprint density at radius 2 is 1.91 bits per heavy atom. The molecule has 1 aromatic heterocycles. The number of halogens is 2. The van der Waals surface area contributed by atoms with Crippen molar-refractivity contribution < 1.29 is 4.39 Å². The molecule has 6 heteroatoms. The molecule has 0 aliphatic rings. The third kappa shape index (κ3) is 4.26. The molecule has 0 aliphatic heterocycles. The van der Waals surface area contributed by atoms with E-state index in [4.69, 9.17) is 0 Å². The van der Waals surface area contributed by atoms with Crippen LogP contribution in [0.1, 0.15) is 5.56 Å². The number of hydrogen-bond donors (Lipinski definition) is 2. The summed E-state index contributed by atoms with van der Waals surface area (Å²) in [5.74, 6) is 0.865. The van der Waals surface area contributed by atoms with Gasteiger partial charge in [0.2, 0.25) is 5.95 Å². The minimum atomic E-state index is -0.235. The Labute approximate surface area is 141 Å². The van der Waals surface area contributed by atoms with Crippen molar-refractivity contribution in [2.75, 3.05) is 10.6 Å². The lowest BCUT2D eigenvalue weighted by atomic mass is 10.2. The molecule has 0 fully saturated rings. The lowest BCUT2D eigenvalue weighted by Gasteiger charge is -2.09. The average Bonchev–Trinajstić information content (AvgIpc) is 2.54. The first-order valence-electron chi connectivity index (χ1n) is 7.03. The molecule has 4 nitrogen and oxygen atoms in total. The fraction of sp³-hybridized carbons (Fsp3) is 0.0588. The van der Waals surface area contributed by atoms with E-state index in [0.717, 1.165) is 10.2 Å². The zero-order valence-corrected chi connectivity index (χ0v) is 13.7. The smallest absolute Gasteiger partial charge is 0.229 e. The molecule has 0 saturated heterocycles. The van der Waals surface area contributed by atoms with E-state index in [0.29, 0.717) is 23.9 Å². The minimum absolute atomic E-state index is 0.235. The Bertz CT molecular complexity index is 810. The van der Waals surface area contributed by atoms with Crippen LogP contribution in [0.4, 0.5) is 21.8 Å². The maximum absolute atomic E-state index is 13.6. The highest BCUT2D eigenvalue weighted by molar-refractivity contribution is 9.10. The summed E-state index contributed by atoms with van der Waals surface area (Å²) in [4.78, 5) is 8.56. The summed E-state index contributed by atoms with van der Waals surface area (Å²) in [6.45, 7) is 0.361. The van der Waals surface area contributed by atoms with Crippen molar-refractivity contribution >= 4 is 33.4 Å². The molecular formula is C17H14BrFN4. The van der Waals surface area contributed by atoms with Crippen molar-refractivity contribution in [2.45, 2.75) is 6.54 Å². The van der Waals surface area contributed by atoms with Crippen LogP contribution in [0.5, 0.6) is 0 Å². The molecular weight excluding hydrogens is 359 g/mol. The van der Waals surface area contributed by atoms with Gasteiger partial charge >= 0.3 is 0 Å². The molecule has 0 radical (unpaired) electrons. The minimum Gasteiger partial charge on any atom is -0.366 e. The fourth-order valence-electron chi connectivity index (χ4n) is 2.04. The highest BCUT2D eigenvalue weighted by Gasteiger charge is 2.03. The molecule has 0 bridgehead atoms. The van der Waals surface area contributed by atoms with Gasteiger partial charge < -0.3 is 10.6 Å². The Balaban J connectivity index is 1.69. The zero-order chi connectivity index (χ0) is 16.1. The van der Waals surface area contributed by atoms with Gasteiger partial charge in [0.05, 0.1) is 0 Å². The number of aromatic nitrogens is 2. The molecule has 0 aliphatic carbocycles. The van der Waals surface area contributed by atoms with Gasteiger partial charge in [-0.2, -0.15) is 4.98 Å². The van der Waals surface area contributed by atoms with Crippen molar-refractivity contribution in [3.05, 3.63) is 76.6 Å². The summed E-state index contributed by atoms with van der Waals surface area (Å²) in [5.41, 5.74) is 1.47. The van der Waals surface area contributed by atoms with Gasteiger partial charge in [-0.15, -0.1) is 0 Å². The number of nitrogens with one attached hydrogen (secondary N) is 2. The second-order valence-corrected chi connectivity index (χ2v) is 5.76. The second-order valence-electron chi connectivity index (χ2n) is 4.85. The maximum Gasteiger partial charge on any atom is 0.229 e. The van der Waals surface area contributed by atoms with E-state index < -0.39 is 0 Å². The first-order chi connectivity index (χ1) is 11.2. The molecule has 1 heterocycles. The number of rotatable bonds is 5. The van der Waals surface area contributed by atoms with E-state index in [1.807, 2.05) is 24.3 Å². The van der Waals surface area contributed by atoms with Crippen LogP contribution in [0, 0.1) is 5.82 Å². The van der Waals surface area contributed by atoms with Crippen LogP contribution in [0.25, 0.3) is 0 Å². The topological polar surface area (TPSA) is 49.8 Å². The number of hydrogen-bond acceptors (Lipinski definition) is 4. The molecule has 0 amide bonds. The van der Waals surface area contributed by atoms with Crippen LogP contribution >= 0.6 is 15.9 Å². The molecule has 0 saturated carbocycles. The lowest BCUT2D eigenvalue weighted by Crippen LogP contribution is -2.05. The molecule has 0 atom stereocenters. The summed E-state index contributed by atoms with van der Waals surface area (Å²) < 4.78 is 14.6. The van der Waals surface area contributed by atoms with Crippen molar-refractivity contribution in [1.82, 2.24) is 9.97 Å². The summed E-state index contributed by atoms with van der Waals surface area (Å²) in [6.07, 6.45) is 1.65. The fourth-order valence-corrected chi connectivity index (χ4v) is 2.44. The van der Waals surface area contributed by atoms with Crippen LogP contribution in [-0.4, -0.2) is 9.97 Å². The molecule has 2 N–H and O–H groups in total. The van der Waals surface area contributed by atoms with Crippen LogP contribution in [0.15, 0.2) is 65.3 Å². The summed E-state index contributed by atoms with van der Waals surface area (Å²) >= 11 is 3.42. The van der Waals surface area contributed by atoms with E-state index in [1.54, 1.807) is 30.5 Å². The average molecular weight is 373 g/mol. The van der Waals surface area contributed by atoms with E-state index in [-0.39, 0.29) is 5.82 Å². The van der Waals surface area contributed by atoms with Crippen molar-refractivity contribution in [2.24, 2.45) is 0 Å². The van der Waals surface area contributed by atoms with Crippen molar-refractivity contribution in [3.8, 4) is 0 Å². The summed E-state index contributed by atoms with van der Waals surface area (Å²) in [6, 6.07) is 16.1. The summed E-state index contributed by atoms with van der Waals surface area (Å²) in [5, 5.41) is 6.23. The van der Waals surface area contributed by atoms with Gasteiger partial charge in [0, 0.05) is 28.5 Å². The highest BCUT2D eigenvalue weighted by Crippen LogP contribution is 2.19. The third-order valence-corrected chi connectivity index (χ3v) is 3.65. The lowest BCUT2D eigenvalue weighted by molar-refractivity contribution is 0.613. The molecule has 0 spiro atoms. The predicted octanol–water partition coefficient (Wildman–Crippen LogP) is 4.73. The van der Waals surface area contributed by atoms with E-state index in [1.165, 1.54) is 6.07 Å². The largest absolute Gasteiger partial charge is 0.366 e. The van der Waals surface area contributed by atoms with E-state index in [2.05, 4.69) is 36.5 Å². The van der Waals surface area contributed by atoms with Crippen LogP contribution in [0.3, 0.4) is 0 Å². The van der Waals surface area contributed by atoms with Gasteiger partial charge in [0.1, 0.15) is 11.6 Å². The monoisotopic (exact) mass is 372 g/mol. The second kappa shape index (κ2) is 7.19. The maximum atomic E-state index is 13.6. The highest BCUT2D eigenvalue weighted by atomic mass is 79.9. The number of anilines is 3. The van der Waals surface area contributed by atoms with Crippen molar-refractivity contribution in [1.29, 1.82) is 0 Å². The molecule has 23 heavy (non-hydrogen) atoms. The molecule has 3 aromatic rings.